The first kappa shape index (κ1) is 14.5. The summed E-state index contributed by atoms with van der Waals surface area (Å²) in [5.41, 5.74) is 2.32. The lowest BCUT2D eigenvalue weighted by Gasteiger charge is -2.29. The standard InChI is InChI=1S/C17H25N3O/c1-13-19-16-8-3-4-9-17(16)20(13)11-10-18-14-6-5-7-15(12-14)21-2/h3-4,8-9,14-15,18H,5-7,10-12H2,1-2H3. The number of rotatable bonds is 5. The third kappa shape index (κ3) is 3.27. The number of aromatic nitrogens is 2. The summed E-state index contributed by atoms with van der Waals surface area (Å²) in [5, 5.41) is 3.69. The summed E-state index contributed by atoms with van der Waals surface area (Å²) in [5.74, 6) is 1.09. The maximum atomic E-state index is 5.50. The number of imidazole rings is 1. The van der Waals surface area contributed by atoms with Crippen molar-refractivity contribution >= 4 is 11.0 Å². The van der Waals surface area contributed by atoms with E-state index in [9.17, 15) is 0 Å². The maximum Gasteiger partial charge on any atom is 0.106 e. The van der Waals surface area contributed by atoms with E-state index in [1.807, 2.05) is 13.2 Å². The Hall–Kier alpha value is -1.39. The fourth-order valence-corrected chi connectivity index (χ4v) is 3.40. The molecule has 2 aromatic rings. The van der Waals surface area contributed by atoms with E-state index < -0.39 is 0 Å². The fourth-order valence-electron chi connectivity index (χ4n) is 3.40. The highest BCUT2D eigenvalue weighted by atomic mass is 16.5. The third-order valence-corrected chi connectivity index (χ3v) is 4.57. The van der Waals surface area contributed by atoms with E-state index in [4.69, 9.17) is 4.74 Å². The Morgan fingerprint density at radius 2 is 2.19 bits per heavy atom. The van der Waals surface area contributed by atoms with E-state index >= 15 is 0 Å². The first-order chi connectivity index (χ1) is 10.3. The predicted octanol–water partition coefficient (Wildman–Crippen LogP) is 2.89. The van der Waals surface area contributed by atoms with E-state index in [-0.39, 0.29) is 0 Å². The zero-order valence-electron chi connectivity index (χ0n) is 13.0. The predicted molar refractivity (Wildman–Crippen MR) is 85.5 cm³/mol. The highest BCUT2D eigenvalue weighted by molar-refractivity contribution is 5.75. The van der Waals surface area contributed by atoms with Crippen molar-refractivity contribution in [2.45, 2.75) is 51.3 Å². The van der Waals surface area contributed by atoms with Crippen LogP contribution in [-0.4, -0.2) is 35.4 Å². The van der Waals surface area contributed by atoms with Crippen LogP contribution in [0.25, 0.3) is 11.0 Å². The largest absolute Gasteiger partial charge is 0.381 e. The van der Waals surface area contributed by atoms with Crippen molar-refractivity contribution in [2.75, 3.05) is 13.7 Å². The fraction of sp³-hybridized carbons (Fsp3) is 0.588. The topological polar surface area (TPSA) is 39.1 Å². The number of ether oxygens (including phenoxy) is 1. The lowest BCUT2D eigenvalue weighted by molar-refractivity contribution is 0.0588. The summed E-state index contributed by atoms with van der Waals surface area (Å²) >= 11 is 0. The second-order valence-corrected chi connectivity index (χ2v) is 5.97. The summed E-state index contributed by atoms with van der Waals surface area (Å²) in [6, 6.07) is 8.95. The van der Waals surface area contributed by atoms with E-state index in [0.29, 0.717) is 12.1 Å². The van der Waals surface area contributed by atoms with Gasteiger partial charge in [-0.25, -0.2) is 4.98 Å². The van der Waals surface area contributed by atoms with Crippen molar-refractivity contribution in [3.05, 3.63) is 30.1 Å². The van der Waals surface area contributed by atoms with Crippen molar-refractivity contribution in [3.8, 4) is 0 Å². The Kier molecular flexibility index (Phi) is 4.56. The van der Waals surface area contributed by atoms with Crippen LogP contribution < -0.4 is 5.32 Å². The number of benzene rings is 1. The number of fused-ring (bicyclic) bond motifs is 1. The summed E-state index contributed by atoms with van der Waals surface area (Å²) < 4.78 is 7.80. The van der Waals surface area contributed by atoms with Crippen LogP contribution in [0.5, 0.6) is 0 Å². The van der Waals surface area contributed by atoms with Gasteiger partial charge in [-0.15, -0.1) is 0 Å². The van der Waals surface area contributed by atoms with E-state index in [2.05, 4.69) is 40.0 Å². The van der Waals surface area contributed by atoms with Crippen molar-refractivity contribution in [1.82, 2.24) is 14.9 Å². The number of para-hydroxylation sites is 2. The maximum absolute atomic E-state index is 5.50. The van der Waals surface area contributed by atoms with Gasteiger partial charge >= 0.3 is 0 Å². The van der Waals surface area contributed by atoms with Gasteiger partial charge < -0.3 is 14.6 Å². The third-order valence-electron chi connectivity index (χ3n) is 4.57. The SMILES string of the molecule is COC1CCCC(NCCn2c(C)nc3ccccc32)C1. The Morgan fingerprint density at radius 1 is 1.33 bits per heavy atom. The van der Waals surface area contributed by atoms with Gasteiger partial charge in [0.15, 0.2) is 0 Å². The van der Waals surface area contributed by atoms with Gasteiger partial charge in [0.1, 0.15) is 5.82 Å². The van der Waals surface area contributed by atoms with Crippen molar-refractivity contribution in [1.29, 1.82) is 0 Å². The molecule has 1 aliphatic carbocycles. The lowest BCUT2D eigenvalue weighted by Crippen LogP contribution is -2.38. The zero-order valence-corrected chi connectivity index (χ0v) is 13.0. The van der Waals surface area contributed by atoms with Gasteiger partial charge in [0.25, 0.3) is 0 Å². The molecule has 0 aliphatic heterocycles. The number of nitrogens with one attached hydrogen (secondary N) is 1. The Bertz CT molecular complexity index is 593. The van der Waals surface area contributed by atoms with Crippen LogP contribution in [0.1, 0.15) is 31.5 Å². The quantitative estimate of drug-likeness (QED) is 0.919. The van der Waals surface area contributed by atoms with Gasteiger partial charge in [0.2, 0.25) is 0 Å². The average molecular weight is 287 g/mol. The normalized spacial score (nSPS) is 22.8. The molecule has 2 unspecified atom stereocenters. The number of hydrogen-bond acceptors (Lipinski definition) is 3. The Labute approximate surface area is 126 Å². The molecular formula is C17H25N3O. The van der Waals surface area contributed by atoms with Crippen molar-refractivity contribution in [3.63, 3.8) is 0 Å². The molecule has 0 spiro atoms. The number of hydrogen-bond donors (Lipinski definition) is 1. The molecule has 4 nitrogen and oxygen atoms in total. The van der Waals surface area contributed by atoms with Gasteiger partial charge in [-0.1, -0.05) is 12.1 Å². The van der Waals surface area contributed by atoms with Crippen LogP contribution in [0.2, 0.25) is 0 Å². The Balaban J connectivity index is 1.58. The first-order valence-electron chi connectivity index (χ1n) is 7.96. The Morgan fingerprint density at radius 3 is 3.05 bits per heavy atom. The number of aryl methyl sites for hydroxylation is 1. The molecule has 0 amide bonds. The van der Waals surface area contributed by atoms with Crippen LogP contribution in [-0.2, 0) is 11.3 Å². The highest BCUT2D eigenvalue weighted by Crippen LogP contribution is 2.20. The lowest BCUT2D eigenvalue weighted by atomic mass is 9.93. The number of nitrogens with zero attached hydrogens (tertiary/aromatic N) is 2. The zero-order chi connectivity index (χ0) is 14.7. The molecule has 1 aromatic carbocycles. The van der Waals surface area contributed by atoms with Crippen LogP contribution in [0.4, 0.5) is 0 Å². The molecule has 1 heterocycles. The van der Waals surface area contributed by atoms with Crippen LogP contribution in [0.15, 0.2) is 24.3 Å². The molecule has 1 saturated carbocycles. The van der Waals surface area contributed by atoms with Gasteiger partial charge in [0.05, 0.1) is 17.1 Å². The molecule has 1 fully saturated rings. The minimum Gasteiger partial charge on any atom is -0.381 e. The minimum atomic E-state index is 0.437. The van der Waals surface area contributed by atoms with Gasteiger partial charge in [-0.05, 0) is 44.7 Å². The van der Waals surface area contributed by atoms with Crippen molar-refractivity contribution < 1.29 is 4.74 Å². The monoisotopic (exact) mass is 287 g/mol. The second-order valence-electron chi connectivity index (χ2n) is 5.97. The van der Waals surface area contributed by atoms with E-state index in [0.717, 1.165) is 30.9 Å². The second kappa shape index (κ2) is 6.58. The number of methoxy groups -OCH3 is 1. The van der Waals surface area contributed by atoms with E-state index in [1.54, 1.807) is 0 Å². The molecule has 0 saturated heterocycles. The van der Waals surface area contributed by atoms with Gasteiger partial charge in [0, 0.05) is 26.2 Å². The molecule has 4 heteroatoms. The molecule has 3 rings (SSSR count). The van der Waals surface area contributed by atoms with Gasteiger partial charge in [-0.3, -0.25) is 0 Å². The highest BCUT2D eigenvalue weighted by Gasteiger charge is 2.21. The summed E-state index contributed by atoms with van der Waals surface area (Å²) in [6.07, 6.45) is 5.32. The molecule has 114 valence electrons. The van der Waals surface area contributed by atoms with E-state index in [1.165, 1.54) is 24.8 Å². The first-order valence-corrected chi connectivity index (χ1v) is 7.96. The molecule has 1 aromatic heterocycles. The van der Waals surface area contributed by atoms with Crippen LogP contribution in [0, 0.1) is 6.92 Å². The van der Waals surface area contributed by atoms with Crippen LogP contribution in [0.3, 0.4) is 0 Å². The molecule has 0 radical (unpaired) electrons. The minimum absolute atomic E-state index is 0.437. The summed E-state index contributed by atoms with van der Waals surface area (Å²) in [4.78, 5) is 4.62. The summed E-state index contributed by atoms with van der Waals surface area (Å²) in [7, 11) is 1.83. The molecule has 2 atom stereocenters. The smallest absolute Gasteiger partial charge is 0.106 e. The molecule has 1 N–H and O–H groups in total. The molecular weight excluding hydrogens is 262 g/mol. The average Bonchev–Trinajstić information content (AvgIpc) is 2.83. The van der Waals surface area contributed by atoms with Crippen molar-refractivity contribution in [2.24, 2.45) is 0 Å². The summed E-state index contributed by atoms with van der Waals surface area (Å²) in [6.45, 7) is 4.05. The molecule has 21 heavy (non-hydrogen) atoms. The van der Waals surface area contributed by atoms with Crippen LogP contribution >= 0.6 is 0 Å². The van der Waals surface area contributed by atoms with Gasteiger partial charge in [-0.2, -0.15) is 0 Å². The molecule has 0 bridgehead atoms. The molecule has 1 aliphatic rings.